The van der Waals surface area contributed by atoms with E-state index in [2.05, 4.69) is 5.32 Å². The van der Waals surface area contributed by atoms with Gasteiger partial charge in [-0.3, -0.25) is 4.79 Å². The number of hydrogen-bond acceptors (Lipinski definition) is 2. The summed E-state index contributed by atoms with van der Waals surface area (Å²) in [6.07, 6.45) is -4.44. The number of rotatable bonds is 3. The summed E-state index contributed by atoms with van der Waals surface area (Å²) in [5, 5.41) is 2.48. The number of halogens is 3. The first-order valence-corrected chi connectivity index (χ1v) is 6.53. The molecule has 2 aromatic rings. The number of carbonyl (C=O) groups excluding carboxylic acids is 1. The van der Waals surface area contributed by atoms with Crippen molar-refractivity contribution in [3.05, 3.63) is 59.7 Å². The number of alkyl halides is 3. The Morgan fingerprint density at radius 2 is 1.73 bits per heavy atom. The highest BCUT2D eigenvalue weighted by Gasteiger charge is 2.30. The molecule has 0 saturated carbocycles. The van der Waals surface area contributed by atoms with E-state index >= 15 is 0 Å². The zero-order chi connectivity index (χ0) is 16.3. The van der Waals surface area contributed by atoms with Crippen molar-refractivity contribution in [1.82, 2.24) is 0 Å². The van der Waals surface area contributed by atoms with E-state index in [1.54, 1.807) is 18.2 Å². The molecule has 0 saturated heterocycles. The first kappa shape index (κ1) is 15.9. The molecule has 3 nitrogen and oxygen atoms in total. The van der Waals surface area contributed by atoms with Gasteiger partial charge in [0.2, 0.25) is 0 Å². The van der Waals surface area contributed by atoms with Crippen molar-refractivity contribution in [2.75, 3.05) is 24.3 Å². The highest BCUT2D eigenvalue weighted by molar-refractivity contribution is 6.04. The fraction of sp³-hybridized carbons (Fsp3) is 0.188. The standard InChI is InChI=1S/C16H15F3N2O/c1-21(2)14-8-3-5-11(9-14)15(22)20-13-7-4-6-12(10-13)16(17,18)19/h3-10H,1-2H3,(H,20,22). The number of amides is 1. The van der Waals surface area contributed by atoms with Crippen molar-refractivity contribution in [1.29, 1.82) is 0 Å². The van der Waals surface area contributed by atoms with Gasteiger partial charge < -0.3 is 10.2 Å². The highest BCUT2D eigenvalue weighted by Crippen LogP contribution is 2.30. The van der Waals surface area contributed by atoms with Crippen molar-refractivity contribution in [2.45, 2.75) is 6.18 Å². The zero-order valence-corrected chi connectivity index (χ0v) is 12.1. The Bertz CT molecular complexity index is 681. The Labute approximate surface area is 126 Å². The van der Waals surface area contributed by atoms with Crippen LogP contribution in [0.25, 0.3) is 0 Å². The number of hydrogen-bond donors (Lipinski definition) is 1. The summed E-state index contributed by atoms with van der Waals surface area (Å²) < 4.78 is 38.0. The van der Waals surface area contributed by atoms with E-state index in [9.17, 15) is 18.0 Å². The molecule has 0 aromatic heterocycles. The van der Waals surface area contributed by atoms with E-state index in [1.165, 1.54) is 12.1 Å². The molecule has 6 heteroatoms. The van der Waals surface area contributed by atoms with E-state index in [-0.39, 0.29) is 5.69 Å². The Balaban J connectivity index is 2.20. The van der Waals surface area contributed by atoms with Crippen LogP contribution in [0.15, 0.2) is 48.5 Å². The molecule has 1 N–H and O–H groups in total. The van der Waals surface area contributed by atoms with Gasteiger partial charge in [0.05, 0.1) is 5.56 Å². The third kappa shape index (κ3) is 3.78. The molecule has 0 unspecified atom stereocenters. The van der Waals surface area contributed by atoms with Crippen molar-refractivity contribution in [3.63, 3.8) is 0 Å². The molecule has 1 amide bonds. The minimum atomic E-state index is -4.44. The molecular formula is C16H15F3N2O. The van der Waals surface area contributed by atoms with E-state index < -0.39 is 17.6 Å². The molecule has 116 valence electrons. The van der Waals surface area contributed by atoms with Crippen molar-refractivity contribution >= 4 is 17.3 Å². The van der Waals surface area contributed by atoms with Crippen LogP contribution in [0.4, 0.5) is 24.5 Å². The van der Waals surface area contributed by atoms with Crippen LogP contribution in [-0.2, 0) is 6.18 Å². The lowest BCUT2D eigenvalue weighted by atomic mass is 10.1. The molecule has 2 rings (SSSR count). The molecule has 0 aliphatic rings. The second-order valence-electron chi connectivity index (χ2n) is 4.98. The maximum absolute atomic E-state index is 12.7. The van der Waals surface area contributed by atoms with Crippen molar-refractivity contribution in [2.24, 2.45) is 0 Å². The summed E-state index contributed by atoms with van der Waals surface area (Å²) in [5.41, 5.74) is 0.516. The lowest BCUT2D eigenvalue weighted by Gasteiger charge is -2.14. The van der Waals surface area contributed by atoms with Gasteiger partial charge in [0, 0.05) is 31.0 Å². The van der Waals surface area contributed by atoms with Crippen LogP contribution < -0.4 is 10.2 Å². The maximum atomic E-state index is 12.7. The zero-order valence-electron chi connectivity index (χ0n) is 12.1. The van der Waals surface area contributed by atoms with Gasteiger partial charge in [-0.25, -0.2) is 0 Å². The summed E-state index contributed by atoms with van der Waals surface area (Å²) in [4.78, 5) is 14.0. The first-order valence-electron chi connectivity index (χ1n) is 6.53. The maximum Gasteiger partial charge on any atom is 0.416 e. The number of benzene rings is 2. The number of anilines is 2. The molecule has 0 heterocycles. The Hall–Kier alpha value is -2.50. The van der Waals surface area contributed by atoms with Crippen molar-refractivity contribution < 1.29 is 18.0 Å². The number of nitrogens with one attached hydrogen (secondary N) is 1. The van der Waals surface area contributed by atoms with Crippen molar-refractivity contribution in [3.8, 4) is 0 Å². The summed E-state index contributed by atoms with van der Waals surface area (Å²) >= 11 is 0. The smallest absolute Gasteiger partial charge is 0.378 e. The summed E-state index contributed by atoms with van der Waals surface area (Å²) in [7, 11) is 3.67. The van der Waals surface area contributed by atoms with E-state index in [1.807, 2.05) is 25.1 Å². The minimum Gasteiger partial charge on any atom is -0.378 e. The monoisotopic (exact) mass is 308 g/mol. The van der Waals surface area contributed by atoms with Crippen LogP contribution in [0.3, 0.4) is 0 Å². The van der Waals surface area contributed by atoms with Gasteiger partial charge in [-0.2, -0.15) is 13.2 Å². The quantitative estimate of drug-likeness (QED) is 0.928. The lowest BCUT2D eigenvalue weighted by molar-refractivity contribution is -0.137. The van der Waals surface area contributed by atoms with Gasteiger partial charge in [-0.15, -0.1) is 0 Å². The van der Waals surface area contributed by atoms with Crippen LogP contribution in [0.1, 0.15) is 15.9 Å². The molecule has 0 aliphatic heterocycles. The van der Waals surface area contributed by atoms with Gasteiger partial charge in [-0.1, -0.05) is 12.1 Å². The fourth-order valence-electron chi connectivity index (χ4n) is 1.90. The molecule has 0 atom stereocenters. The lowest BCUT2D eigenvalue weighted by Crippen LogP contribution is -2.15. The average molecular weight is 308 g/mol. The Morgan fingerprint density at radius 3 is 2.36 bits per heavy atom. The SMILES string of the molecule is CN(C)c1cccc(C(=O)Nc2cccc(C(F)(F)F)c2)c1. The molecular weight excluding hydrogens is 293 g/mol. The van der Waals surface area contributed by atoms with E-state index in [0.717, 1.165) is 17.8 Å². The third-order valence-electron chi connectivity index (χ3n) is 3.07. The van der Waals surface area contributed by atoms with Gasteiger partial charge >= 0.3 is 6.18 Å². The molecule has 0 fully saturated rings. The third-order valence-corrected chi connectivity index (χ3v) is 3.07. The Kier molecular flexibility index (Phi) is 4.40. The second-order valence-corrected chi connectivity index (χ2v) is 4.98. The Morgan fingerprint density at radius 1 is 1.05 bits per heavy atom. The van der Waals surface area contributed by atoms with E-state index in [0.29, 0.717) is 5.56 Å². The highest BCUT2D eigenvalue weighted by atomic mass is 19.4. The summed E-state index contributed by atoms with van der Waals surface area (Å²) in [5.74, 6) is -0.456. The van der Waals surface area contributed by atoms with Crippen LogP contribution in [0.5, 0.6) is 0 Å². The average Bonchev–Trinajstić information content (AvgIpc) is 2.46. The first-order chi connectivity index (χ1) is 10.3. The topological polar surface area (TPSA) is 32.3 Å². The van der Waals surface area contributed by atoms with Crippen LogP contribution in [0.2, 0.25) is 0 Å². The summed E-state index contributed by atoms with van der Waals surface area (Å²) in [6, 6.07) is 11.4. The fourth-order valence-corrected chi connectivity index (χ4v) is 1.90. The molecule has 22 heavy (non-hydrogen) atoms. The van der Waals surface area contributed by atoms with Crippen LogP contribution in [-0.4, -0.2) is 20.0 Å². The molecule has 0 spiro atoms. The molecule has 0 aliphatic carbocycles. The number of nitrogens with zero attached hydrogens (tertiary/aromatic N) is 1. The largest absolute Gasteiger partial charge is 0.416 e. The summed E-state index contributed by atoms with van der Waals surface area (Å²) in [6.45, 7) is 0. The van der Waals surface area contributed by atoms with E-state index in [4.69, 9.17) is 0 Å². The van der Waals surface area contributed by atoms with Crippen LogP contribution in [0, 0.1) is 0 Å². The van der Waals surface area contributed by atoms with Gasteiger partial charge in [0.25, 0.3) is 5.91 Å². The van der Waals surface area contributed by atoms with Gasteiger partial charge in [-0.05, 0) is 36.4 Å². The molecule has 0 radical (unpaired) electrons. The molecule has 0 bridgehead atoms. The minimum absolute atomic E-state index is 0.107. The predicted molar refractivity (Wildman–Crippen MR) is 80.2 cm³/mol. The normalized spacial score (nSPS) is 11.1. The predicted octanol–water partition coefficient (Wildman–Crippen LogP) is 4.02. The number of carbonyl (C=O) groups is 1. The second kappa shape index (κ2) is 6.09. The van der Waals surface area contributed by atoms with Gasteiger partial charge in [0.1, 0.15) is 0 Å². The van der Waals surface area contributed by atoms with Gasteiger partial charge in [0.15, 0.2) is 0 Å². The van der Waals surface area contributed by atoms with Crippen LogP contribution >= 0.6 is 0 Å². The molecule has 2 aromatic carbocycles.